The molecule has 2 aliphatic rings. The molecule has 0 saturated carbocycles. The van der Waals surface area contributed by atoms with Crippen molar-refractivity contribution in [3.8, 4) is 0 Å². The molecule has 0 radical (unpaired) electrons. The third kappa shape index (κ3) is 1.68. The van der Waals surface area contributed by atoms with Gasteiger partial charge in [-0.05, 0) is 17.5 Å². The van der Waals surface area contributed by atoms with Crippen LogP contribution >= 0.6 is 0 Å². The van der Waals surface area contributed by atoms with E-state index < -0.39 is 0 Å². The van der Waals surface area contributed by atoms with Gasteiger partial charge in [-0.15, -0.1) is 0 Å². The number of rotatable bonds is 0. The number of carbonyl (C=O) groups is 2. The Morgan fingerprint density at radius 3 is 2.95 bits per heavy atom. The van der Waals surface area contributed by atoms with E-state index in [0.29, 0.717) is 25.1 Å². The molecule has 0 unspecified atom stereocenters. The number of benzene rings is 1. The molecule has 2 aliphatic heterocycles. The summed E-state index contributed by atoms with van der Waals surface area (Å²) >= 11 is 0. The summed E-state index contributed by atoms with van der Waals surface area (Å²) in [6.45, 7) is 2.75. The molecular weight excluding hydrogens is 246 g/mol. The Hall–Kier alpha value is -2.37. The van der Waals surface area contributed by atoms with Gasteiger partial charge < -0.3 is 15.4 Å². The summed E-state index contributed by atoms with van der Waals surface area (Å²) in [7, 11) is 0. The van der Waals surface area contributed by atoms with Crippen LogP contribution in [-0.4, -0.2) is 34.2 Å². The number of nitrogens with zero attached hydrogens (tertiary/aromatic N) is 2. The summed E-state index contributed by atoms with van der Waals surface area (Å²) in [6.07, 6.45) is 0.692. The van der Waals surface area contributed by atoms with Gasteiger partial charge in [-0.1, -0.05) is 17.3 Å². The zero-order chi connectivity index (χ0) is 13.6. The molecule has 2 N–H and O–H groups in total. The molecule has 2 heterocycles. The Kier molecular flexibility index (Phi) is 2.51. The van der Waals surface area contributed by atoms with Crippen molar-refractivity contribution in [1.82, 2.24) is 4.90 Å². The lowest BCUT2D eigenvalue weighted by Gasteiger charge is -2.29. The van der Waals surface area contributed by atoms with Crippen molar-refractivity contribution < 1.29 is 14.8 Å². The zero-order valence-electron chi connectivity index (χ0n) is 10.4. The fourth-order valence-electron chi connectivity index (χ4n) is 2.66. The first kappa shape index (κ1) is 11.7. The largest absolute Gasteiger partial charge is 0.410 e. The van der Waals surface area contributed by atoms with Crippen molar-refractivity contribution in [2.45, 2.75) is 19.9 Å². The molecule has 0 fully saturated rings. The van der Waals surface area contributed by atoms with Crippen LogP contribution in [0.25, 0.3) is 0 Å². The molecule has 19 heavy (non-hydrogen) atoms. The summed E-state index contributed by atoms with van der Waals surface area (Å²) < 4.78 is 0. The molecule has 6 heteroatoms. The number of hydrogen-bond acceptors (Lipinski definition) is 4. The van der Waals surface area contributed by atoms with Crippen molar-refractivity contribution in [2.24, 2.45) is 5.16 Å². The molecule has 1 aromatic rings. The number of hydrogen-bond donors (Lipinski definition) is 2. The van der Waals surface area contributed by atoms with Gasteiger partial charge in [-0.2, -0.15) is 0 Å². The van der Waals surface area contributed by atoms with E-state index in [2.05, 4.69) is 10.5 Å². The van der Waals surface area contributed by atoms with Crippen LogP contribution in [0, 0.1) is 0 Å². The number of nitrogens with one attached hydrogen (secondary N) is 1. The van der Waals surface area contributed by atoms with E-state index in [1.54, 1.807) is 17.9 Å². The summed E-state index contributed by atoms with van der Waals surface area (Å²) in [4.78, 5) is 24.8. The maximum absolute atomic E-state index is 11.7. The lowest BCUT2D eigenvalue weighted by Crippen LogP contribution is -2.34. The molecule has 0 aromatic heterocycles. The highest BCUT2D eigenvalue weighted by Gasteiger charge is 2.31. The molecule has 0 bridgehead atoms. The topological polar surface area (TPSA) is 82.0 Å². The van der Waals surface area contributed by atoms with Gasteiger partial charge in [0.25, 0.3) is 5.91 Å². The summed E-state index contributed by atoms with van der Waals surface area (Å²) in [5, 5.41) is 14.7. The van der Waals surface area contributed by atoms with E-state index in [1.165, 1.54) is 0 Å². The Balaban J connectivity index is 2.06. The summed E-state index contributed by atoms with van der Waals surface area (Å²) in [5.74, 6) is -0.340. The zero-order valence-corrected chi connectivity index (χ0v) is 10.4. The smallest absolute Gasteiger partial charge is 0.278 e. The average Bonchev–Trinajstić information content (AvgIpc) is 2.73. The number of oxime groups is 1. The minimum absolute atomic E-state index is 0.0480. The molecular formula is C13H13N3O3. The monoisotopic (exact) mass is 259 g/mol. The maximum atomic E-state index is 11.7. The molecule has 6 nitrogen and oxygen atoms in total. The van der Waals surface area contributed by atoms with E-state index in [4.69, 9.17) is 5.21 Å². The molecule has 0 spiro atoms. The number of carbonyl (C=O) groups excluding carboxylic acids is 2. The third-order valence-corrected chi connectivity index (χ3v) is 3.66. The first-order valence-electron chi connectivity index (χ1n) is 6.06. The van der Waals surface area contributed by atoms with Crippen molar-refractivity contribution in [3.05, 3.63) is 28.8 Å². The van der Waals surface area contributed by atoms with E-state index >= 15 is 0 Å². The number of anilines is 1. The fraction of sp³-hybridized carbons (Fsp3) is 0.308. The SMILES string of the molecule is CC(=O)N1CCc2c(ccc3c2NC(=O)/C3=N\O)C1. The molecule has 3 rings (SSSR count). The summed E-state index contributed by atoms with van der Waals surface area (Å²) in [5.41, 5.74) is 3.45. The van der Waals surface area contributed by atoms with E-state index in [0.717, 1.165) is 16.8 Å². The van der Waals surface area contributed by atoms with Crippen LogP contribution < -0.4 is 5.32 Å². The third-order valence-electron chi connectivity index (χ3n) is 3.66. The molecule has 0 aliphatic carbocycles. The molecule has 0 saturated heterocycles. The summed E-state index contributed by atoms with van der Waals surface area (Å²) in [6, 6.07) is 3.64. The predicted octanol–water partition coefficient (Wildman–Crippen LogP) is 0.722. The van der Waals surface area contributed by atoms with Crippen LogP contribution in [0.3, 0.4) is 0 Å². The van der Waals surface area contributed by atoms with E-state index in [-0.39, 0.29) is 17.5 Å². The second-order valence-corrected chi connectivity index (χ2v) is 4.72. The van der Waals surface area contributed by atoms with Crippen molar-refractivity contribution >= 4 is 23.2 Å². The van der Waals surface area contributed by atoms with E-state index in [1.807, 2.05) is 6.07 Å². The van der Waals surface area contributed by atoms with Gasteiger partial charge in [0.2, 0.25) is 5.91 Å². The first-order valence-corrected chi connectivity index (χ1v) is 6.06. The lowest BCUT2D eigenvalue weighted by atomic mass is 9.94. The first-order chi connectivity index (χ1) is 9.11. The molecule has 1 aromatic carbocycles. The molecule has 2 amide bonds. The van der Waals surface area contributed by atoms with Crippen LogP contribution in [-0.2, 0) is 22.6 Å². The van der Waals surface area contributed by atoms with Crippen molar-refractivity contribution in [1.29, 1.82) is 0 Å². The minimum Gasteiger partial charge on any atom is -0.410 e. The Morgan fingerprint density at radius 2 is 2.26 bits per heavy atom. The van der Waals surface area contributed by atoms with Gasteiger partial charge in [0.15, 0.2) is 5.71 Å². The van der Waals surface area contributed by atoms with Crippen molar-refractivity contribution in [3.63, 3.8) is 0 Å². The Morgan fingerprint density at radius 1 is 1.47 bits per heavy atom. The minimum atomic E-state index is -0.389. The Labute approximate surface area is 109 Å². The van der Waals surface area contributed by atoms with Crippen LogP contribution in [0.15, 0.2) is 17.3 Å². The highest BCUT2D eigenvalue weighted by Crippen LogP contribution is 2.33. The fourth-order valence-corrected chi connectivity index (χ4v) is 2.66. The second kappa shape index (κ2) is 4.08. The van der Waals surface area contributed by atoms with Gasteiger partial charge in [-0.25, -0.2) is 0 Å². The van der Waals surface area contributed by atoms with Crippen molar-refractivity contribution in [2.75, 3.05) is 11.9 Å². The second-order valence-electron chi connectivity index (χ2n) is 4.72. The van der Waals surface area contributed by atoms with Crippen LogP contribution in [0.5, 0.6) is 0 Å². The maximum Gasteiger partial charge on any atom is 0.278 e. The van der Waals surface area contributed by atoms with E-state index in [9.17, 15) is 9.59 Å². The molecule has 0 atom stereocenters. The van der Waals surface area contributed by atoms with Gasteiger partial charge >= 0.3 is 0 Å². The quantitative estimate of drug-likeness (QED) is 0.532. The van der Waals surface area contributed by atoms with Gasteiger partial charge in [0, 0.05) is 25.6 Å². The standard InChI is InChI=1S/C13H13N3O3/c1-7(17)16-5-4-9-8(6-16)2-3-10-11(9)14-13(18)12(10)15-19/h2-3,19H,4-6H2,1H3,(H,14,15,18). The normalized spacial score (nSPS) is 19.1. The average molecular weight is 259 g/mol. The van der Waals surface area contributed by atoms with Gasteiger partial charge in [-0.3, -0.25) is 9.59 Å². The van der Waals surface area contributed by atoms with Crippen LogP contribution in [0.4, 0.5) is 5.69 Å². The highest BCUT2D eigenvalue weighted by molar-refractivity contribution is 6.53. The predicted molar refractivity (Wildman–Crippen MR) is 68.2 cm³/mol. The highest BCUT2D eigenvalue weighted by atomic mass is 16.4. The Bertz CT molecular complexity index is 622. The van der Waals surface area contributed by atoms with Crippen LogP contribution in [0.1, 0.15) is 23.6 Å². The lowest BCUT2D eigenvalue weighted by molar-refractivity contribution is -0.129. The molecule has 98 valence electrons. The number of amides is 2. The van der Waals surface area contributed by atoms with Crippen LogP contribution in [0.2, 0.25) is 0 Å². The van der Waals surface area contributed by atoms with Gasteiger partial charge in [0.1, 0.15) is 0 Å². The number of fused-ring (bicyclic) bond motifs is 3. The van der Waals surface area contributed by atoms with Gasteiger partial charge in [0.05, 0.1) is 5.69 Å².